The quantitative estimate of drug-likeness (QED) is 0.706. The van der Waals surface area contributed by atoms with E-state index in [1.54, 1.807) is 0 Å². The molecule has 0 radical (unpaired) electrons. The molecular weight excluding hydrogens is 358 g/mol. The van der Waals surface area contributed by atoms with Crippen LogP contribution in [0.5, 0.6) is 5.75 Å². The van der Waals surface area contributed by atoms with E-state index in [0.29, 0.717) is 6.04 Å². The molecule has 0 unspecified atom stereocenters. The molecule has 1 fully saturated rings. The van der Waals surface area contributed by atoms with Crippen LogP contribution in [0.15, 0.2) is 54.7 Å². The molecule has 0 saturated carbocycles. The van der Waals surface area contributed by atoms with Crippen molar-refractivity contribution in [3.63, 3.8) is 0 Å². The molecule has 4 nitrogen and oxygen atoms in total. The van der Waals surface area contributed by atoms with Crippen molar-refractivity contribution in [2.45, 2.75) is 25.3 Å². The van der Waals surface area contributed by atoms with E-state index in [1.165, 1.54) is 42.6 Å². The summed E-state index contributed by atoms with van der Waals surface area (Å²) in [5.74, 6) is 0.940. The Morgan fingerprint density at radius 1 is 1.00 bits per heavy atom. The van der Waals surface area contributed by atoms with E-state index in [1.807, 2.05) is 0 Å². The monoisotopic (exact) mass is 391 g/mol. The second kappa shape index (κ2) is 9.36. The van der Waals surface area contributed by atoms with Crippen molar-refractivity contribution < 1.29 is 4.74 Å². The van der Waals surface area contributed by atoms with Gasteiger partial charge in [-0.3, -0.25) is 0 Å². The predicted octanol–water partition coefficient (Wildman–Crippen LogP) is 4.12. The number of rotatable bonds is 7. The number of fused-ring (bicyclic) bond motifs is 1. The fraction of sp³-hybridized carbons (Fsp3) is 0.440. The van der Waals surface area contributed by atoms with Crippen molar-refractivity contribution >= 4 is 11.8 Å². The van der Waals surface area contributed by atoms with Crippen LogP contribution in [0.2, 0.25) is 0 Å². The first kappa shape index (κ1) is 19.8. The van der Waals surface area contributed by atoms with E-state index < -0.39 is 0 Å². The van der Waals surface area contributed by atoms with Crippen molar-refractivity contribution in [2.24, 2.45) is 0 Å². The maximum Gasteiger partial charge on any atom is 0.119 e. The van der Waals surface area contributed by atoms with Gasteiger partial charge in [0.1, 0.15) is 12.4 Å². The average Bonchev–Trinajstić information content (AvgIpc) is 3.17. The highest BCUT2D eigenvalue weighted by molar-refractivity contribution is 5.58. The number of para-hydroxylation sites is 1. The molecule has 2 heterocycles. The van der Waals surface area contributed by atoms with Gasteiger partial charge in [0, 0.05) is 37.9 Å². The number of benzene rings is 2. The van der Waals surface area contributed by atoms with Gasteiger partial charge < -0.3 is 19.4 Å². The molecule has 0 spiro atoms. The molecule has 0 aromatic heterocycles. The lowest BCUT2D eigenvalue weighted by Gasteiger charge is -2.37. The van der Waals surface area contributed by atoms with Gasteiger partial charge in [-0.25, -0.2) is 0 Å². The smallest absolute Gasteiger partial charge is 0.119 e. The van der Waals surface area contributed by atoms with Gasteiger partial charge in [-0.1, -0.05) is 30.3 Å². The van der Waals surface area contributed by atoms with Gasteiger partial charge in [0.2, 0.25) is 0 Å². The molecule has 0 aliphatic carbocycles. The fourth-order valence-electron chi connectivity index (χ4n) is 4.30. The molecule has 2 aliphatic rings. The molecule has 2 aromatic carbocycles. The third-order valence-corrected chi connectivity index (χ3v) is 6.03. The number of piperidine rings is 1. The Bertz CT molecular complexity index is 807. The van der Waals surface area contributed by atoms with Crippen molar-refractivity contribution in [1.82, 2.24) is 9.80 Å². The third-order valence-electron chi connectivity index (χ3n) is 6.03. The Kier molecular flexibility index (Phi) is 6.40. The van der Waals surface area contributed by atoms with Crippen LogP contribution in [-0.2, 0) is 6.42 Å². The minimum atomic E-state index is 0.682. The molecule has 4 rings (SSSR count). The fourth-order valence-corrected chi connectivity index (χ4v) is 4.30. The Morgan fingerprint density at radius 2 is 1.76 bits per heavy atom. The summed E-state index contributed by atoms with van der Waals surface area (Å²) in [6, 6.07) is 18.0. The summed E-state index contributed by atoms with van der Waals surface area (Å²) in [5.41, 5.74) is 4.21. The molecule has 29 heavy (non-hydrogen) atoms. The zero-order chi connectivity index (χ0) is 20.1. The van der Waals surface area contributed by atoms with Crippen molar-refractivity contribution in [3.8, 4) is 5.75 Å². The van der Waals surface area contributed by atoms with E-state index in [-0.39, 0.29) is 0 Å². The van der Waals surface area contributed by atoms with Crippen molar-refractivity contribution in [2.75, 3.05) is 51.8 Å². The van der Waals surface area contributed by atoms with Crippen molar-refractivity contribution in [3.05, 3.63) is 65.9 Å². The van der Waals surface area contributed by atoms with Crippen LogP contribution < -0.4 is 9.64 Å². The first-order chi connectivity index (χ1) is 14.2. The highest BCUT2D eigenvalue weighted by atomic mass is 16.5. The maximum absolute atomic E-state index is 5.77. The van der Waals surface area contributed by atoms with Gasteiger partial charge in [0.05, 0.1) is 0 Å². The molecule has 1 saturated heterocycles. The number of anilines is 1. The lowest BCUT2D eigenvalue weighted by atomic mass is 10.0. The molecule has 0 amide bonds. The van der Waals surface area contributed by atoms with Crippen LogP contribution >= 0.6 is 0 Å². The van der Waals surface area contributed by atoms with Crippen LogP contribution in [-0.4, -0.2) is 62.7 Å². The standard InChI is InChI=1S/C25H33N3O/c1-26(2)19-20-29-24-9-7-21(8-10-24)11-15-27-16-13-23(14-17-27)28-18-12-22-5-3-4-6-25(22)28/h3-11,15,23H,12-14,16-20H2,1-2H3. The van der Waals surface area contributed by atoms with Gasteiger partial charge >= 0.3 is 0 Å². The minimum absolute atomic E-state index is 0.682. The summed E-state index contributed by atoms with van der Waals surface area (Å²) in [4.78, 5) is 7.23. The highest BCUT2D eigenvalue weighted by Crippen LogP contribution is 2.32. The van der Waals surface area contributed by atoms with Crippen LogP contribution in [0.3, 0.4) is 0 Å². The molecule has 0 atom stereocenters. The van der Waals surface area contributed by atoms with E-state index in [4.69, 9.17) is 4.74 Å². The summed E-state index contributed by atoms with van der Waals surface area (Å²) in [7, 11) is 4.12. The average molecular weight is 392 g/mol. The Hall–Kier alpha value is -2.46. The van der Waals surface area contributed by atoms with E-state index in [9.17, 15) is 0 Å². The molecule has 2 aromatic rings. The summed E-state index contributed by atoms with van der Waals surface area (Å²) >= 11 is 0. The summed E-state index contributed by atoms with van der Waals surface area (Å²) < 4.78 is 5.77. The second-order valence-corrected chi connectivity index (χ2v) is 8.38. The van der Waals surface area contributed by atoms with E-state index in [2.05, 4.69) is 89.6 Å². The molecule has 154 valence electrons. The van der Waals surface area contributed by atoms with E-state index >= 15 is 0 Å². The van der Waals surface area contributed by atoms with Gasteiger partial charge in [0.25, 0.3) is 0 Å². The Morgan fingerprint density at radius 3 is 2.52 bits per heavy atom. The molecule has 0 bridgehead atoms. The van der Waals surface area contributed by atoms with Gasteiger partial charge in [-0.2, -0.15) is 0 Å². The SMILES string of the molecule is CN(C)CCOc1ccc(C=CN2CCC(N3CCc4ccccc43)CC2)cc1. The van der Waals surface area contributed by atoms with Gasteiger partial charge in [0.15, 0.2) is 0 Å². The minimum Gasteiger partial charge on any atom is -0.492 e. The first-order valence-corrected chi connectivity index (χ1v) is 10.8. The van der Waals surface area contributed by atoms with Crippen molar-refractivity contribution in [1.29, 1.82) is 0 Å². The van der Waals surface area contributed by atoms with Crippen LogP contribution in [0.25, 0.3) is 6.08 Å². The lowest BCUT2D eigenvalue weighted by Crippen LogP contribution is -2.42. The predicted molar refractivity (Wildman–Crippen MR) is 122 cm³/mol. The number of hydrogen-bond donors (Lipinski definition) is 0. The number of likely N-dealkylation sites (tertiary alicyclic amines) is 1. The number of likely N-dealkylation sites (N-methyl/N-ethyl adjacent to an activating group) is 1. The van der Waals surface area contributed by atoms with Crippen LogP contribution in [0.1, 0.15) is 24.0 Å². The summed E-state index contributed by atoms with van der Waals surface area (Å²) in [6.07, 6.45) is 8.14. The van der Waals surface area contributed by atoms with Gasteiger partial charge in [-0.05, 0) is 75.0 Å². The first-order valence-electron chi connectivity index (χ1n) is 10.8. The third kappa shape index (κ3) is 5.13. The maximum atomic E-state index is 5.77. The Labute approximate surface area is 175 Å². The summed E-state index contributed by atoms with van der Waals surface area (Å²) in [6.45, 7) is 5.10. The largest absolute Gasteiger partial charge is 0.492 e. The topological polar surface area (TPSA) is 19.0 Å². The molecule has 2 aliphatic heterocycles. The van der Waals surface area contributed by atoms with Crippen LogP contribution in [0, 0.1) is 0 Å². The second-order valence-electron chi connectivity index (χ2n) is 8.38. The molecular formula is C25H33N3O. The summed E-state index contributed by atoms with van der Waals surface area (Å²) in [5, 5.41) is 0. The lowest BCUT2D eigenvalue weighted by molar-refractivity contribution is 0.261. The highest BCUT2D eigenvalue weighted by Gasteiger charge is 2.28. The molecule has 0 N–H and O–H groups in total. The van der Waals surface area contributed by atoms with E-state index in [0.717, 1.165) is 32.0 Å². The number of hydrogen-bond acceptors (Lipinski definition) is 4. The van der Waals surface area contributed by atoms with Crippen LogP contribution in [0.4, 0.5) is 5.69 Å². The van der Waals surface area contributed by atoms with Gasteiger partial charge in [-0.15, -0.1) is 0 Å². The zero-order valence-corrected chi connectivity index (χ0v) is 17.8. The number of nitrogens with zero attached hydrogens (tertiary/aromatic N) is 3. The molecule has 4 heteroatoms. The number of ether oxygens (including phenoxy) is 1. The Balaban J connectivity index is 1.25. The normalized spacial score (nSPS) is 17.3. The zero-order valence-electron chi connectivity index (χ0n) is 17.8.